The third-order valence-electron chi connectivity index (χ3n) is 2.86. The van der Waals surface area contributed by atoms with Crippen LogP contribution in [0.5, 0.6) is 0 Å². The van der Waals surface area contributed by atoms with Crippen LogP contribution in [0.15, 0.2) is 16.9 Å². The summed E-state index contributed by atoms with van der Waals surface area (Å²) in [5, 5.41) is 12.9. The van der Waals surface area contributed by atoms with Crippen LogP contribution < -0.4 is 5.56 Å². The van der Waals surface area contributed by atoms with Crippen LogP contribution in [0, 0.1) is 6.92 Å². The largest absolute Gasteiger partial charge is 0.480 e. The van der Waals surface area contributed by atoms with Gasteiger partial charge in [0.1, 0.15) is 12.4 Å². The van der Waals surface area contributed by atoms with E-state index in [4.69, 9.17) is 5.11 Å². The molecule has 0 spiro atoms. The molecule has 2 heterocycles. The summed E-state index contributed by atoms with van der Waals surface area (Å²) in [5.41, 5.74) is 0.839. The van der Waals surface area contributed by atoms with Gasteiger partial charge in [-0.25, -0.2) is 9.67 Å². The van der Waals surface area contributed by atoms with E-state index in [1.807, 2.05) is 13.8 Å². The average Bonchev–Trinajstić information content (AvgIpc) is 2.68. The van der Waals surface area contributed by atoms with Gasteiger partial charge in [0.25, 0.3) is 5.56 Å². The average molecular weight is 276 g/mol. The summed E-state index contributed by atoms with van der Waals surface area (Å²) in [6.07, 6.45) is 0. The smallest absolute Gasteiger partial charge is 0.325 e. The number of aryl methyl sites for hydroxylation is 1. The predicted molar refractivity (Wildman–Crippen MR) is 72.5 cm³/mol. The van der Waals surface area contributed by atoms with Gasteiger partial charge in [-0.2, -0.15) is 5.10 Å². The number of pyridine rings is 1. The van der Waals surface area contributed by atoms with Crippen LogP contribution in [0.4, 0.5) is 0 Å². The Hall–Kier alpha value is -2.44. The molecule has 2 aromatic heterocycles. The highest BCUT2D eigenvalue weighted by molar-refractivity contribution is 5.67. The maximum absolute atomic E-state index is 12.1. The molecule has 0 unspecified atom stereocenters. The van der Waals surface area contributed by atoms with Gasteiger partial charge in [-0.1, -0.05) is 13.8 Å². The Morgan fingerprint density at radius 1 is 1.45 bits per heavy atom. The number of aliphatic carboxylic acids is 1. The van der Waals surface area contributed by atoms with Gasteiger partial charge in [-0.05, 0) is 25.0 Å². The number of nitrogens with zero attached hydrogens (tertiary/aromatic N) is 3. The van der Waals surface area contributed by atoms with Gasteiger partial charge >= 0.3 is 5.97 Å². The van der Waals surface area contributed by atoms with Crippen molar-refractivity contribution in [2.45, 2.75) is 33.2 Å². The number of aromatic nitrogens is 4. The van der Waals surface area contributed by atoms with Crippen molar-refractivity contribution < 1.29 is 9.90 Å². The Morgan fingerprint density at radius 2 is 2.15 bits per heavy atom. The molecule has 7 nitrogen and oxygen atoms in total. The summed E-state index contributed by atoms with van der Waals surface area (Å²) < 4.78 is 1.22. The van der Waals surface area contributed by atoms with E-state index in [-0.39, 0.29) is 23.8 Å². The maximum Gasteiger partial charge on any atom is 0.325 e. The molecule has 20 heavy (non-hydrogen) atoms. The molecule has 0 radical (unpaired) electrons. The standard InChI is InChI=1S/C13H16N4O3/c1-7(2)10-5-4-9(13(20)15-10)12-14-8(3)16-17(12)6-11(18)19/h4-5,7H,6H2,1-3H3,(H,15,20)(H,18,19). The van der Waals surface area contributed by atoms with E-state index in [2.05, 4.69) is 15.1 Å². The molecule has 2 rings (SSSR count). The van der Waals surface area contributed by atoms with Crippen molar-refractivity contribution in [3.63, 3.8) is 0 Å². The zero-order valence-electron chi connectivity index (χ0n) is 11.5. The number of hydrogen-bond acceptors (Lipinski definition) is 4. The number of aromatic amines is 1. The van der Waals surface area contributed by atoms with E-state index in [0.29, 0.717) is 11.4 Å². The Labute approximate surface area is 115 Å². The molecule has 0 saturated heterocycles. The summed E-state index contributed by atoms with van der Waals surface area (Å²) >= 11 is 0. The Morgan fingerprint density at radius 3 is 2.70 bits per heavy atom. The molecular weight excluding hydrogens is 260 g/mol. The van der Waals surface area contributed by atoms with Crippen molar-refractivity contribution >= 4 is 5.97 Å². The summed E-state index contributed by atoms with van der Waals surface area (Å²) in [7, 11) is 0. The van der Waals surface area contributed by atoms with Gasteiger partial charge in [0.15, 0.2) is 5.82 Å². The van der Waals surface area contributed by atoms with E-state index in [1.165, 1.54) is 4.68 Å². The number of H-pyrrole nitrogens is 1. The second-order valence-electron chi connectivity index (χ2n) is 4.85. The Balaban J connectivity index is 2.51. The van der Waals surface area contributed by atoms with E-state index in [1.54, 1.807) is 19.1 Å². The van der Waals surface area contributed by atoms with Crippen molar-refractivity contribution in [1.82, 2.24) is 19.7 Å². The Bertz CT molecular complexity index is 700. The fraction of sp³-hybridized carbons (Fsp3) is 0.385. The van der Waals surface area contributed by atoms with Crippen LogP contribution in [0.1, 0.15) is 31.3 Å². The number of carbonyl (C=O) groups is 1. The lowest BCUT2D eigenvalue weighted by Crippen LogP contribution is -2.17. The van der Waals surface area contributed by atoms with Crippen LogP contribution in [0.3, 0.4) is 0 Å². The second kappa shape index (κ2) is 5.28. The lowest BCUT2D eigenvalue weighted by Gasteiger charge is -2.07. The maximum atomic E-state index is 12.1. The lowest BCUT2D eigenvalue weighted by atomic mass is 10.1. The first-order chi connectivity index (χ1) is 9.38. The molecule has 0 fully saturated rings. The zero-order valence-corrected chi connectivity index (χ0v) is 11.5. The first-order valence-electron chi connectivity index (χ1n) is 6.25. The van der Waals surface area contributed by atoms with E-state index < -0.39 is 5.97 Å². The van der Waals surface area contributed by atoms with Crippen molar-refractivity contribution in [3.05, 3.63) is 34.0 Å². The van der Waals surface area contributed by atoms with Crippen LogP contribution >= 0.6 is 0 Å². The highest BCUT2D eigenvalue weighted by atomic mass is 16.4. The third kappa shape index (κ3) is 2.76. The molecule has 7 heteroatoms. The normalized spacial score (nSPS) is 11.0. The fourth-order valence-electron chi connectivity index (χ4n) is 1.89. The molecule has 0 aromatic carbocycles. The quantitative estimate of drug-likeness (QED) is 0.872. The lowest BCUT2D eigenvalue weighted by molar-refractivity contribution is -0.137. The minimum atomic E-state index is -1.04. The second-order valence-corrected chi connectivity index (χ2v) is 4.85. The highest BCUT2D eigenvalue weighted by Gasteiger charge is 2.16. The predicted octanol–water partition coefficient (Wildman–Crippen LogP) is 1.15. The van der Waals surface area contributed by atoms with Gasteiger partial charge in [-0.15, -0.1) is 0 Å². The summed E-state index contributed by atoms with van der Waals surface area (Å²) in [6.45, 7) is 5.27. The molecule has 2 aromatic rings. The van der Waals surface area contributed by atoms with Gasteiger partial charge in [0, 0.05) is 5.69 Å². The van der Waals surface area contributed by atoms with Gasteiger partial charge < -0.3 is 10.1 Å². The van der Waals surface area contributed by atoms with Crippen LogP contribution in [-0.4, -0.2) is 30.8 Å². The van der Waals surface area contributed by atoms with Crippen molar-refractivity contribution in [2.75, 3.05) is 0 Å². The fourth-order valence-corrected chi connectivity index (χ4v) is 1.89. The number of carboxylic acid groups (broad SMARTS) is 1. The van der Waals surface area contributed by atoms with E-state index >= 15 is 0 Å². The van der Waals surface area contributed by atoms with Crippen molar-refractivity contribution in [3.8, 4) is 11.4 Å². The van der Waals surface area contributed by atoms with Gasteiger partial charge in [0.2, 0.25) is 0 Å². The summed E-state index contributed by atoms with van der Waals surface area (Å²) in [5.74, 6) is -0.142. The number of nitrogens with one attached hydrogen (secondary N) is 1. The SMILES string of the molecule is Cc1nc(-c2ccc(C(C)C)[nH]c2=O)n(CC(=O)O)n1. The number of carboxylic acids is 1. The molecule has 0 amide bonds. The van der Waals surface area contributed by atoms with Crippen molar-refractivity contribution in [1.29, 1.82) is 0 Å². The topological polar surface area (TPSA) is 101 Å². The number of hydrogen-bond donors (Lipinski definition) is 2. The molecule has 2 N–H and O–H groups in total. The minimum Gasteiger partial charge on any atom is -0.480 e. The van der Waals surface area contributed by atoms with Crippen LogP contribution in [-0.2, 0) is 11.3 Å². The summed E-state index contributed by atoms with van der Waals surface area (Å²) in [6, 6.07) is 3.45. The van der Waals surface area contributed by atoms with Gasteiger partial charge in [-0.3, -0.25) is 9.59 Å². The molecule has 0 aliphatic carbocycles. The first kappa shape index (κ1) is 14.0. The van der Waals surface area contributed by atoms with Crippen LogP contribution in [0.2, 0.25) is 0 Å². The van der Waals surface area contributed by atoms with Gasteiger partial charge in [0.05, 0.1) is 5.56 Å². The third-order valence-corrected chi connectivity index (χ3v) is 2.86. The molecule has 0 aliphatic heterocycles. The highest BCUT2D eigenvalue weighted by Crippen LogP contribution is 2.16. The van der Waals surface area contributed by atoms with Crippen LogP contribution in [0.25, 0.3) is 11.4 Å². The molecule has 0 bridgehead atoms. The van der Waals surface area contributed by atoms with Crippen molar-refractivity contribution in [2.24, 2.45) is 0 Å². The molecule has 106 valence electrons. The number of rotatable bonds is 4. The molecule has 0 aliphatic rings. The first-order valence-corrected chi connectivity index (χ1v) is 6.25. The zero-order chi connectivity index (χ0) is 14.9. The molecule has 0 atom stereocenters. The molecular formula is C13H16N4O3. The minimum absolute atomic E-state index is 0.204. The van der Waals surface area contributed by atoms with E-state index in [0.717, 1.165) is 5.69 Å². The monoisotopic (exact) mass is 276 g/mol. The Kier molecular flexibility index (Phi) is 3.69. The van der Waals surface area contributed by atoms with E-state index in [9.17, 15) is 9.59 Å². The molecule has 0 saturated carbocycles. The summed E-state index contributed by atoms with van der Waals surface area (Å²) in [4.78, 5) is 29.8.